The van der Waals surface area contributed by atoms with Crippen molar-refractivity contribution in [3.05, 3.63) is 18.2 Å². The molecule has 1 fully saturated rings. The summed E-state index contributed by atoms with van der Waals surface area (Å²) in [5.74, 6) is 1.13. The zero-order valence-corrected chi connectivity index (χ0v) is 12.4. The number of hydrogen-bond acceptors (Lipinski definition) is 5. The van der Waals surface area contributed by atoms with E-state index in [-0.39, 0.29) is 11.9 Å². The predicted octanol–water partition coefficient (Wildman–Crippen LogP) is 1.66. The average Bonchev–Trinajstić information content (AvgIpc) is 2.47. The maximum Gasteiger partial charge on any atom is 0.230 e. The average molecular weight is 296 g/mol. The number of benzene rings is 1. The summed E-state index contributed by atoms with van der Waals surface area (Å²) in [7, 11) is 1.61. The van der Waals surface area contributed by atoms with Crippen molar-refractivity contribution in [1.82, 2.24) is 5.32 Å². The van der Waals surface area contributed by atoms with Gasteiger partial charge in [-0.2, -0.15) is 0 Å². The number of nitrogens with two attached hydrogens (primary N) is 1. The lowest BCUT2D eigenvalue weighted by molar-refractivity contribution is -0.119. The van der Waals surface area contributed by atoms with E-state index in [1.54, 1.807) is 13.2 Å². The first-order valence-electron chi connectivity index (χ1n) is 6.62. The molecule has 5 nitrogen and oxygen atoms in total. The molecule has 2 rings (SSSR count). The van der Waals surface area contributed by atoms with Crippen molar-refractivity contribution >= 4 is 23.4 Å². The van der Waals surface area contributed by atoms with Crippen LogP contribution in [0.15, 0.2) is 23.1 Å². The van der Waals surface area contributed by atoms with E-state index < -0.39 is 0 Å². The van der Waals surface area contributed by atoms with Crippen LogP contribution in [0, 0.1) is 0 Å². The van der Waals surface area contributed by atoms with E-state index in [0.29, 0.717) is 11.4 Å². The van der Waals surface area contributed by atoms with Crippen molar-refractivity contribution in [2.75, 3.05) is 31.8 Å². The van der Waals surface area contributed by atoms with E-state index in [2.05, 4.69) is 5.32 Å². The van der Waals surface area contributed by atoms with Gasteiger partial charge in [0.05, 0.1) is 12.9 Å². The van der Waals surface area contributed by atoms with Crippen LogP contribution in [0.4, 0.5) is 5.69 Å². The summed E-state index contributed by atoms with van der Waals surface area (Å²) in [5.41, 5.74) is 6.55. The van der Waals surface area contributed by atoms with Crippen molar-refractivity contribution in [3.8, 4) is 5.75 Å². The molecule has 110 valence electrons. The van der Waals surface area contributed by atoms with Gasteiger partial charge in [0, 0.05) is 29.8 Å². The maximum absolute atomic E-state index is 11.9. The summed E-state index contributed by atoms with van der Waals surface area (Å²) in [5, 5.41) is 3.03. The van der Waals surface area contributed by atoms with Gasteiger partial charge in [-0.15, -0.1) is 11.8 Å². The predicted molar refractivity (Wildman–Crippen MR) is 80.1 cm³/mol. The molecule has 0 aromatic heterocycles. The molecule has 0 spiro atoms. The molecule has 0 unspecified atom stereocenters. The van der Waals surface area contributed by atoms with Gasteiger partial charge in [-0.05, 0) is 31.0 Å². The van der Waals surface area contributed by atoms with Crippen LogP contribution in [0.1, 0.15) is 12.8 Å². The minimum Gasteiger partial charge on any atom is -0.497 e. The van der Waals surface area contributed by atoms with Crippen molar-refractivity contribution < 1.29 is 14.3 Å². The van der Waals surface area contributed by atoms with Gasteiger partial charge in [0.1, 0.15) is 5.75 Å². The number of ether oxygens (including phenoxy) is 2. The Morgan fingerprint density at radius 3 is 2.95 bits per heavy atom. The molecular weight excluding hydrogens is 276 g/mol. The second kappa shape index (κ2) is 7.40. The molecule has 1 heterocycles. The summed E-state index contributed by atoms with van der Waals surface area (Å²) in [6.45, 7) is 1.45. The summed E-state index contributed by atoms with van der Waals surface area (Å²) < 4.78 is 10.4. The van der Waals surface area contributed by atoms with E-state index in [1.807, 2.05) is 12.1 Å². The normalized spacial score (nSPS) is 15.8. The van der Waals surface area contributed by atoms with Crippen molar-refractivity contribution in [2.24, 2.45) is 0 Å². The third-order valence-corrected chi connectivity index (χ3v) is 4.24. The van der Waals surface area contributed by atoms with E-state index in [9.17, 15) is 4.79 Å². The maximum atomic E-state index is 11.9. The number of thioether (sulfide) groups is 1. The Balaban J connectivity index is 1.83. The molecule has 1 aliphatic rings. The fourth-order valence-electron chi connectivity index (χ4n) is 2.02. The molecular formula is C14H20N2O3S. The fraction of sp³-hybridized carbons (Fsp3) is 0.500. The van der Waals surface area contributed by atoms with Gasteiger partial charge in [-0.1, -0.05) is 0 Å². The Hall–Kier alpha value is -1.40. The Labute approximate surface area is 123 Å². The van der Waals surface area contributed by atoms with E-state index in [4.69, 9.17) is 15.2 Å². The minimum absolute atomic E-state index is 0.0316. The largest absolute Gasteiger partial charge is 0.497 e. The van der Waals surface area contributed by atoms with Crippen molar-refractivity contribution in [1.29, 1.82) is 0 Å². The van der Waals surface area contributed by atoms with Crippen LogP contribution in [0.25, 0.3) is 0 Å². The molecule has 3 N–H and O–H groups in total. The summed E-state index contributed by atoms with van der Waals surface area (Å²) in [6.07, 6.45) is 1.77. The number of anilines is 1. The lowest BCUT2D eigenvalue weighted by Gasteiger charge is -2.23. The zero-order valence-electron chi connectivity index (χ0n) is 11.6. The third kappa shape index (κ3) is 4.31. The molecule has 1 aromatic carbocycles. The first kappa shape index (κ1) is 15.0. The molecule has 0 radical (unpaired) electrons. The lowest BCUT2D eigenvalue weighted by atomic mass is 10.1. The number of nitrogen functional groups attached to an aromatic ring is 1. The number of hydrogen-bond donors (Lipinski definition) is 2. The molecule has 1 aliphatic heterocycles. The van der Waals surface area contributed by atoms with Crippen LogP contribution in [-0.2, 0) is 9.53 Å². The SMILES string of the molecule is COc1ccc(N)c(SCC(=O)NC2CCOCC2)c1. The molecule has 1 saturated heterocycles. The second-order valence-electron chi connectivity index (χ2n) is 4.65. The minimum atomic E-state index is 0.0316. The van der Waals surface area contributed by atoms with Crippen LogP contribution in [0.5, 0.6) is 5.75 Å². The van der Waals surface area contributed by atoms with Crippen LogP contribution >= 0.6 is 11.8 Å². The Morgan fingerprint density at radius 2 is 2.25 bits per heavy atom. The Kier molecular flexibility index (Phi) is 5.55. The first-order valence-corrected chi connectivity index (χ1v) is 7.61. The third-order valence-electron chi connectivity index (χ3n) is 3.17. The van der Waals surface area contributed by atoms with E-state index >= 15 is 0 Å². The Morgan fingerprint density at radius 1 is 1.50 bits per heavy atom. The highest BCUT2D eigenvalue weighted by Gasteiger charge is 2.16. The van der Waals surface area contributed by atoms with Crippen molar-refractivity contribution in [2.45, 2.75) is 23.8 Å². The summed E-state index contributed by atoms with van der Waals surface area (Å²) in [4.78, 5) is 12.8. The summed E-state index contributed by atoms with van der Waals surface area (Å²) >= 11 is 1.42. The van der Waals surface area contributed by atoms with Gasteiger partial charge in [0.15, 0.2) is 0 Å². The van der Waals surface area contributed by atoms with Gasteiger partial charge < -0.3 is 20.5 Å². The van der Waals surface area contributed by atoms with Gasteiger partial charge in [-0.3, -0.25) is 4.79 Å². The van der Waals surface area contributed by atoms with Crippen LogP contribution < -0.4 is 15.8 Å². The molecule has 0 saturated carbocycles. The van der Waals surface area contributed by atoms with Gasteiger partial charge >= 0.3 is 0 Å². The van der Waals surface area contributed by atoms with E-state index in [0.717, 1.165) is 36.7 Å². The molecule has 1 aromatic rings. The topological polar surface area (TPSA) is 73.6 Å². The number of rotatable bonds is 5. The van der Waals surface area contributed by atoms with Gasteiger partial charge in [0.25, 0.3) is 0 Å². The van der Waals surface area contributed by atoms with Gasteiger partial charge in [0.2, 0.25) is 5.91 Å². The van der Waals surface area contributed by atoms with Crippen molar-refractivity contribution in [3.63, 3.8) is 0 Å². The van der Waals surface area contributed by atoms with Crippen LogP contribution in [0.2, 0.25) is 0 Å². The monoisotopic (exact) mass is 296 g/mol. The molecule has 0 aliphatic carbocycles. The zero-order chi connectivity index (χ0) is 14.4. The first-order chi connectivity index (χ1) is 9.69. The van der Waals surface area contributed by atoms with Gasteiger partial charge in [-0.25, -0.2) is 0 Å². The van der Waals surface area contributed by atoms with E-state index in [1.165, 1.54) is 11.8 Å². The number of nitrogens with one attached hydrogen (secondary N) is 1. The number of carbonyl (C=O) groups excluding carboxylic acids is 1. The number of methoxy groups -OCH3 is 1. The quantitative estimate of drug-likeness (QED) is 0.638. The molecule has 6 heteroatoms. The van der Waals surface area contributed by atoms with Crippen LogP contribution in [0.3, 0.4) is 0 Å². The highest BCUT2D eigenvalue weighted by Crippen LogP contribution is 2.28. The highest BCUT2D eigenvalue weighted by molar-refractivity contribution is 8.00. The fourth-order valence-corrected chi connectivity index (χ4v) is 2.83. The Bertz CT molecular complexity index is 462. The standard InChI is InChI=1S/C14H20N2O3S/c1-18-11-2-3-12(15)13(8-11)20-9-14(17)16-10-4-6-19-7-5-10/h2-3,8,10H,4-7,9,15H2,1H3,(H,16,17). The number of carbonyl (C=O) groups is 1. The summed E-state index contributed by atoms with van der Waals surface area (Å²) in [6, 6.07) is 5.68. The molecule has 0 atom stereocenters. The molecule has 20 heavy (non-hydrogen) atoms. The molecule has 0 bridgehead atoms. The number of amides is 1. The molecule has 1 amide bonds. The highest BCUT2D eigenvalue weighted by atomic mass is 32.2. The smallest absolute Gasteiger partial charge is 0.230 e. The lowest BCUT2D eigenvalue weighted by Crippen LogP contribution is -2.39. The van der Waals surface area contributed by atoms with Crippen LogP contribution in [-0.4, -0.2) is 38.0 Å². The second-order valence-corrected chi connectivity index (χ2v) is 5.66.